The van der Waals surface area contributed by atoms with E-state index in [0.29, 0.717) is 11.6 Å². The molecule has 29 heavy (non-hydrogen) atoms. The predicted octanol–water partition coefficient (Wildman–Crippen LogP) is 4.17. The average Bonchev–Trinajstić information content (AvgIpc) is 2.90. The number of benzene rings is 1. The Balaban J connectivity index is 1.63. The van der Waals surface area contributed by atoms with Crippen LogP contribution in [0.3, 0.4) is 0 Å². The monoisotopic (exact) mass is 390 g/mol. The highest BCUT2D eigenvalue weighted by Gasteiger charge is 2.28. The molecule has 2 N–H and O–H groups in total. The Morgan fingerprint density at radius 2 is 1.93 bits per heavy atom. The molecule has 0 spiro atoms. The van der Waals surface area contributed by atoms with Crippen LogP contribution in [0.2, 0.25) is 0 Å². The van der Waals surface area contributed by atoms with Gasteiger partial charge in [0.25, 0.3) is 0 Å². The fourth-order valence-electron chi connectivity index (χ4n) is 4.33. The number of hydrogen-bond donors (Lipinski definition) is 2. The average molecular weight is 391 g/mol. The third-order valence-corrected chi connectivity index (χ3v) is 5.96. The molecule has 6 nitrogen and oxygen atoms in total. The second kappa shape index (κ2) is 8.60. The SMILES string of the molecule is CCN1/C(=C(\C#N)C2=CCN(C)C(=NC3CCCCCC3)N2)Nc2ccccc21. The van der Waals surface area contributed by atoms with Gasteiger partial charge in [-0.15, -0.1) is 0 Å². The van der Waals surface area contributed by atoms with E-state index in [4.69, 9.17) is 4.99 Å². The Labute approximate surface area is 173 Å². The van der Waals surface area contributed by atoms with Crippen molar-refractivity contribution in [2.24, 2.45) is 4.99 Å². The molecule has 1 fully saturated rings. The fourth-order valence-corrected chi connectivity index (χ4v) is 4.33. The van der Waals surface area contributed by atoms with Crippen LogP contribution in [0.4, 0.5) is 11.4 Å². The van der Waals surface area contributed by atoms with E-state index in [1.54, 1.807) is 0 Å². The first-order valence-corrected chi connectivity index (χ1v) is 10.8. The van der Waals surface area contributed by atoms with Gasteiger partial charge in [-0.2, -0.15) is 5.26 Å². The number of hydrogen-bond acceptors (Lipinski definition) is 4. The standard InChI is InChI=1S/C23H30N6/c1-3-29-21-13-9-8-12-20(21)26-22(29)18(16-24)19-14-15-28(2)23(27-19)25-17-10-6-4-5-7-11-17/h8-9,12-14,17,26H,3-7,10-11,15H2,1-2H3,(H,25,27)/b22-18+. The van der Waals surface area contributed by atoms with Gasteiger partial charge in [-0.05, 0) is 38.0 Å². The molecule has 3 aliphatic rings. The lowest BCUT2D eigenvalue weighted by Crippen LogP contribution is -2.44. The summed E-state index contributed by atoms with van der Waals surface area (Å²) >= 11 is 0. The molecule has 152 valence electrons. The van der Waals surface area contributed by atoms with E-state index < -0.39 is 0 Å². The lowest BCUT2D eigenvalue weighted by atomic mass is 10.1. The number of guanidine groups is 1. The van der Waals surface area contributed by atoms with E-state index in [1.807, 2.05) is 12.1 Å². The minimum atomic E-state index is 0.376. The number of likely N-dealkylation sites (N-methyl/N-ethyl adjacent to an activating group) is 1. The number of aliphatic imine (C=N–C) groups is 1. The van der Waals surface area contributed by atoms with E-state index >= 15 is 0 Å². The van der Waals surface area contributed by atoms with Crippen molar-refractivity contribution < 1.29 is 0 Å². The van der Waals surface area contributed by atoms with Crippen LogP contribution in [0.1, 0.15) is 45.4 Å². The second-order valence-electron chi connectivity index (χ2n) is 7.94. The van der Waals surface area contributed by atoms with Gasteiger partial charge in [0.05, 0.1) is 23.1 Å². The first-order valence-electron chi connectivity index (χ1n) is 10.8. The number of nitrogens with zero attached hydrogens (tertiary/aromatic N) is 4. The summed E-state index contributed by atoms with van der Waals surface area (Å²) in [6.07, 6.45) is 9.55. The predicted molar refractivity (Wildman–Crippen MR) is 118 cm³/mol. The number of para-hydroxylation sites is 2. The van der Waals surface area contributed by atoms with E-state index in [9.17, 15) is 5.26 Å². The van der Waals surface area contributed by atoms with E-state index in [1.165, 1.54) is 25.7 Å². The van der Waals surface area contributed by atoms with Crippen molar-refractivity contribution in [3.05, 3.63) is 47.4 Å². The highest BCUT2D eigenvalue weighted by atomic mass is 15.3. The van der Waals surface area contributed by atoms with Crippen LogP contribution in [0.15, 0.2) is 52.4 Å². The number of nitrogens with one attached hydrogen (secondary N) is 2. The first-order chi connectivity index (χ1) is 14.2. The zero-order valence-corrected chi connectivity index (χ0v) is 17.4. The van der Waals surface area contributed by atoms with Gasteiger partial charge in [0, 0.05) is 20.1 Å². The quantitative estimate of drug-likeness (QED) is 0.599. The van der Waals surface area contributed by atoms with Crippen molar-refractivity contribution >= 4 is 17.3 Å². The van der Waals surface area contributed by atoms with Crippen LogP contribution in [-0.2, 0) is 0 Å². The molecule has 2 aliphatic heterocycles. The first kappa shape index (κ1) is 19.4. The second-order valence-corrected chi connectivity index (χ2v) is 7.94. The van der Waals surface area contributed by atoms with E-state index in [-0.39, 0.29) is 0 Å². The van der Waals surface area contributed by atoms with Crippen LogP contribution in [0.5, 0.6) is 0 Å². The molecule has 0 atom stereocenters. The van der Waals surface area contributed by atoms with Gasteiger partial charge in [-0.1, -0.05) is 37.8 Å². The summed E-state index contributed by atoms with van der Waals surface area (Å²) in [5, 5.41) is 16.9. The maximum Gasteiger partial charge on any atom is 0.198 e. The lowest BCUT2D eigenvalue weighted by molar-refractivity contribution is 0.503. The Hall–Kier alpha value is -2.94. The highest BCUT2D eigenvalue weighted by Crippen LogP contribution is 2.37. The third-order valence-electron chi connectivity index (χ3n) is 5.96. The maximum atomic E-state index is 10.0. The Kier molecular flexibility index (Phi) is 5.75. The molecule has 6 heteroatoms. The van der Waals surface area contributed by atoms with Gasteiger partial charge in [0.1, 0.15) is 17.5 Å². The molecule has 0 saturated heterocycles. The minimum Gasteiger partial charge on any atom is -0.342 e. The van der Waals surface area contributed by atoms with Crippen molar-refractivity contribution in [3.8, 4) is 6.07 Å². The molecule has 0 radical (unpaired) electrons. The van der Waals surface area contributed by atoms with Gasteiger partial charge in [0.15, 0.2) is 5.96 Å². The van der Waals surface area contributed by atoms with Gasteiger partial charge < -0.3 is 20.4 Å². The Bertz CT molecular complexity index is 883. The van der Waals surface area contributed by atoms with Crippen molar-refractivity contribution in [2.75, 3.05) is 30.4 Å². The van der Waals surface area contributed by atoms with Crippen molar-refractivity contribution in [1.29, 1.82) is 5.26 Å². The highest BCUT2D eigenvalue weighted by molar-refractivity contribution is 5.86. The smallest absolute Gasteiger partial charge is 0.198 e. The Morgan fingerprint density at radius 1 is 1.17 bits per heavy atom. The third kappa shape index (κ3) is 3.95. The van der Waals surface area contributed by atoms with Crippen molar-refractivity contribution in [2.45, 2.75) is 51.5 Å². The maximum absolute atomic E-state index is 10.0. The summed E-state index contributed by atoms with van der Waals surface area (Å²) in [5.74, 6) is 1.72. The summed E-state index contributed by atoms with van der Waals surface area (Å²) in [5.41, 5.74) is 3.62. The molecule has 0 aromatic heterocycles. The van der Waals surface area contributed by atoms with Crippen LogP contribution in [0.25, 0.3) is 0 Å². The number of fused-ring (bicyclic) bond motifs is 1. The molecule has 4 rings (SSSR count). The normalized spacial score (nSPS) is 22.9. The summed E-state index contributed by atoms with van der Waals surface area (Å²) in [6.45, 7) is 3.64. The molecule has 0 bridgehead atoms. The zero-order chi connectivity index (χ0) is 20.2. The van der Waals surface area contributed by atoms with Gasteiger partial charge in [0.2, 0.25) is 0 Å². The largest absolute Gasteiger partial charge is 0.342 e. The molecule has 1 aromatic rings. The summed E-state index contributed by atoms with van der Waals surface area (Å²) in [4.78, 5) is 9.32. The van der Waals surface area contributed by atoms with Gasteiger partial charge in [-0.25, -0.2) is 4.99 Å². The van der Waals surface area contributed by atoms with Crippen LogP contribution in [-0.4, -0.2) is 37.0 Å². The van der Waals surface area contributed by atoms with Crippen LogP contribution >= 0.6 is 0 Å². The topological polar surface area (TPSA) is 66.7 Å². The fraction of sp³-hybridized carbons (Fsp3) is 0.478. The molecule has 1 aromatic carbocycles. The molecule has 0 amide bonds. The molecular weight excluding hydrogens is 360 g/mol. The van der Waals surface area contributed by atoms with E-state index in [0.717, 1.165) is 54.8 Å². The lowest BCUT2D eigenvalue weighted by Gasteiger charge is -2.29. The summed E-state index contributed by atoms with van der Waals surface area (Å²) in [6, 6.07) is 11.0. The number of nitriles is 1. The minimum absolute atomic E-state index is 0.376. The Morgan fingerprint density at radius 3 is 2.66 bits per heavy atom. The molecule has 2 heterocycles. The summed E-state index contributed by atoms with van der Waals surface area (Å²) in [7, 11) is 2.05. The van der Waals surface area contributed by atoms with Crippen molar-refractivity contribution in [3.63, 3.8) is 0 Å². The number of anilines is 2. The molecular formula is C23H30N6. The zero-order valence-electron chi connectivity index (χ0n) is 17.4. The number of allylic oxidation sites excluding steroid dienone is 1. The van der Waals surface area contributed by atoms with E-state index in [2.05, 4.69) is 58.7 Å². The molecule has 1 saturated carbocycles. The van der Waals surface area contributed by atoms with Crippen molar-refractivity contribution in [1.82, 2.24) is 10.2 Å². The molecule has 1 aliphatic carbocycles. The summed E-state index contributed by atoms with van der Waals surface area (Å²) < 4.78 is 0. The van der Waals surface area contributed by atoms with Gasteiger partial charge >= 0.3 is 0 Å². The van der Waals surface area contributed by atoms with Crippen LogP contribution < -0.4 is 15.5 Å². The van der Waals surface area contributed by atoms with Gasteiger partial charge in [-0.3, -0.25) is 0 Å². The number of rotatable bonds is 3. The van der Waals surface area contributed by atoms with Crippen LogP contribution in [0, 0.1) is 11.3 Å². The molecule has 0 unspecified atom stereocenters.